The second-order valence-electron chi connectivity index (χ2n) is 8.29. The highest BCUT2D eigenvalue weighted by atomic mass is 35.5. The molecule has 0 saturated heterocycles. The van der Waals surface area contributed by atoms with E-state index in [1.54, 1.807) is 31.2 Å². The number of sulfonamides is 1. The van der Waals surface area contributed by atoms with Crippen LogP contribution in [0.4, 0.5) is 4.39 Å². The first kappa shape index (κ1) is 26.5. The van der Waals surface area contributed by atoms with E-state index in [1.807, 2.05) is 18.2 Å². The van der Waals surface area contributed by atoms with Crippen molar-refractivity contribution < 1.29 is 17.9 Å². The lowest BCUT2D eigenvalue weighted by atomic mass is 10.0. The Morgan fingerprint density at radius 1 is 0.806 bits per heavy atom. The van der Waals surface area contributed by atoms with E-state index in [1.165, 1.54) is 40.7 Å². The van der Waals surface area contributed by atoms with Crippen LogP contribution in [0.25, 0.3) is 11.1 Å². The number of rotatable bonds is 7. The summed E-state index contributed by atoms with van der Waals surface area (Å²) in [5, 5.41) is 11.8. The highest BCUT2D eigenvalue weighted by Gasteiger charge is 2.29. The molecule has 0 spiro atoms. The third kappa shape index (κ3) is 5.85. The number of aryl methyl sites for hydroxylation is 1. The fraction of sp³-hybridized carbons (Fsp3) is 0.111. The van der Waals surface area contributed by atoms with Crippen LogP contribution in [0.15, 0.2) is 83.8 Å². The van der Waals surface area contributed by atoms with Crippen molar-refractivity contribution in [2.24, 2.45) is 0 Å². The third-order valence-electron chi connectivity index (χ3n) is 5.67. The lowest BCUT2D eigenvalue weighted by Crippen LogP contribution is -2.30. The van der Waals surface area contributed by atoms with Crippen molar-refractivity contribution in [3.63, 3.8) is 0 Å². The van der Waals surface area contributed by atoms with Gasteiger partial charge in [-0.1, -0.05) is 65.1 Å². The molecule has 0 bridgehead atoms. The lowest BCUT2D eigenvalue weighted by molar-refractivity contribution is 0.394. The van der Waals surface area contributed by atoms with E-state index < -0.39 is 15.8 Å². The number of benzene rings is 4. The summed E-state index contributed by atoms with van der Waals surface area (Å²) in [4.78, 5) is -0.304. The Balaban J connectivity index is 1.78. The molecule has 0 amide bonds. The number of aromatic hydroxyl groups is 1. The summed E-state index contributed by atoms with van der Waals surface area (Å²) in [7, 11) is -4.22. The molecule has 0 aliphatic rings. The van der Waals surface area contributed by atoms with Gasteiger partial charge < -0.3 is 5.11 Å². The molecular weight excluding hydrogens is 544 g/mol. The molecule has 0 atom stereocenters. The molecule has 36 heavy (non-hydrogen) atoms. The van der Waals surface area contributed by atoms with Gasteiger partial charge in [-0.2, -0.15) is 4.31 Å². The fourth-order valence-corrected chi connectivity index (χ4v) is 6.07. The molecule has 0 unspecified atom stereocenters. The van der Waals surface area contributed by atoms with Gasteiger partial charge in [-0.3, -0.25) is 0 Å². The van der Waals surface area contributed by atoms with Crippen LogP contribution in [0.1, 0.15) is 16.7 Å². The van der Waals surface area contributed by atoms with Crippen LogP contribution in [0.2, 0.25) is 15.1 Å². The van der Waals surface area contributed by atoms with E-state index in [2.05, 4.69) is 0 Å². The Hall–Kier alpha value is -2.61. The maximum absolute atomic E-state index is 13.8. The molecule has 9 heteroatoms. The molecule has 186 valence electrons. The Morgan fingerprint density at radius 2 is 1.42 bits per heavy atom. The highest BCUT2D eigenvalue weighted by molar-refractivity contribution is 7.89. The second-order valence-corrected chi connectivity index (χ2v) is 11.5. The molecule has 0 saturated carbocycles. The molecule has 0 aliphatic carbocycles. The lowest BCUT2D eigenvalue weighted by Gasteiger charge is -2.24. The Kier molecular flexibility index (Phi) is 7.93. The third-order valence-corrected chi connectivity index (χ3v) is 8.27. The van der Waals surface area contributed by atoms with Gasteiger partial charge in [0.05, 0.1) is 0 Å². The summed E-state index contributed by atoms with van der Waals surface area (Å²) in [6, 6.07) is 20.7. The zero-order valence-electron chi connectivity index (χ0n) is 19.1. The second kappa shape index (κ2) is 10.8. The minimum atomic E-state index is -4.22. The average molecular weight is 565 g/mol. The summed E-state index contributed by atoms with van der Waals surface area (Å²) >= 11 is 18.6. The van der Waals surface area contributed by atoms with Gasteiger partial charge in [-0.15, -0.1) is 0 Å². The summed E-state index contributed by atoms with van der Waals surface area (Å²) in [6.07, 6.45) is 0. The molecule has 4 aromatic carbocycles. The van der Waals surface area contributed by atoms with Crippen LogP contribution in [-0.2, 0) is 23.1 Å². The van der Waals surface area contributed by atoms with E-state index in [-0.39, 0.29) is 28.8 Å². The number of hydrogen-bond donors (Lipinski definition) is 1. The van der Waals surface area contributed by atoms with Gasteiger partial charge >= 0.3 is 0 Å². The molecule has 0 heterocycles. The van der Waals surface area contributed by atoms with E-state index >= 15 is 0 Å². The van der Waals surface area contributed by atoms with Crippen LogP contribution in [0.5, 0.6) is 5.75 Å². The molecule has 4 rings (SSSR count). The van der Waals surface area contributed by atoms with Crippen LogP contribution >= 0.6 is 34.8 Å². The zero-order valence-corrected chi connectivity index (χ0v) is 22.1. The Morgan fingerprint density at radius 3 is 2.08 bits per heavy atom. The fourth-order valence-electron chi connectivity index (χ4n) is 3.78. The minimum absolute atomic E-state index is 0.0392. The molecule has 0 radical (unpaired) electrons. The molecule has 0 aromatic heterocycles. The smallest absolute Gasteiger partial charge is 0.247 e. The monoisotopic (exact) mass is 563 g/mol. The van der Waals surface area contributed by atoms with E-state index in [9.17, 15) is 17.9 Å². The Bertz CT molecular complexity index is 1510. The normalized spacial score (nSPS) is 11.7. The van der Waals surface area contributed by atoms with E-state index in [4.69, 9.17) is 34.8 Å². The molecule has 4 aromatic rings. The molecular formula is C27H21Cl3FNO3S. The van der Waals surface area contributed by atoms with Crippen molar-refractivity contribution in [3.05, 3.63) is 116 Å². The van der Waals surface area contributed by atoms with Crippen LogP contribution in [0, 0.1) is 12.7 Å². The number of halogens is 4. The van der Waals surface area contributed by atoms with Crippen LogP contribution in [0.3, 0.4) is 0 Å². The zero-order chi connectivity index (χ0) is 26.0. The van der Waals surface area contributed by atoms with Crippen LogP contribution in [-0.4, -0.2) is 17.8 Å². The van der Waals surface area contributed by atoms with Gasteiger partial charge in [0.15, 0.2) is 0 Å². The van der Waals surface area contributed by atoms with Crippen molar-refractivity contribution in [3.8, 4) is 16.9 Å². The van der Waals surface area contributed by atoms with Crippen LogP contribution < -0.4 is 0 Å². The van der Waals surface area contributed by atoms with Gasteiger partial charge in [0.25, 0.3) is 0 Å². The number of phenols is 1. The van der Waals surface area contributed by atoms with Crippen molar-refractivity contribution in [2.45, 2.75) is 24.9 Å². The van der Waals surface area contributed by atoms with Crippen molar-refractivity contribution >= 4 is 44.8 Å². The van der Waals surface area contributed by atoms with Gasteiger partial charge in [0.2, 0.25) is 10.0 Å². The number of hydrogen-bond acceptors (Lipinski definition) is 3. The molecule has 0 fully saturated rings. The predicted octanol–water partition coefficient (Wildman–Crippen LogP) is 7.86. The highest BCUT2D eigenvalue weighted by Crippen LogP contribution is 2.35. The van der Waals surface area contributed by atoms with Gasteiger partial charge in [0, 0.05) is 33.7 Å². The van der Waals surface area contributed by atoms with Gasteiger partial charge in [0.1, 0.15) is 16.5 Å². The molecule has 1 N–H and O–H groups in total. The van der Waals surface area contributed by atoms with E-state index in [0.29, 0.717) is 32.3 Å². The maximum atomic E-state index is 13.8. The quantitative estimate of drug-likeness (QED) is 0.249. The first-order valence-electron chi connectivity index (χ1n) is 10.8. The predicted molar refractivity (Wildman–Crippen MR) is 143 cm³/mol. The van der Waals surface area contributed by atoms with Gasteiger partial charge in [-0.05, 0) is 77.7 Å². The van der Waals surface area contributed by atoms with Crippen molar-refractivity contribution in [1.82, 2.24) is 4.31 Å². The number of nitrogens with zero attached hydrogens (tertiary/aromatic N) is 1. The summed E-state index contributed by atoms with van der Waals surface area (Å²) in [5.41, 5.74) is 3.10. The molecule has 0 aliphatic heterocycles. The minimum Gasteiger partial charge on any atom is -0.506 e. The maximum Gasteiger partial charge on any atom is 0.247 e. The summed E-state index contributed by atoms with van der Waals surface area (Å²) in [5.74, 6) is -0.803. The Labute approximate surface area is 224 Å². The summed E-state index contributed by atoms with van der Waals surface area (Å²) < 4.78 is 42.3. The first-order chi connectivity index (χ1) is 17.0. The molecule has 4 nitrogen and oxygen atoms in total. The average Bonchev–Trinajstić information content (AvgIpc) is 2.84. The topological polar surface area (TPSA) is 57.6 Å². The number of phenolic OH excluding ortho intramolecular Hbond substituents is 1. The van der Waals surface area contributed by atoms with E-state index in [0.717, 1.165) is 5.56 Å². The van der Waals surface area contributed by atoms with Crippen molar-refractivity contribution in [2.75, 3.05) is 0 Å². The summed E-state index contributed by atoms with van der Waals surface area (Å²) in [6.45, 7) is 1.47. The first-order valence-corrected chi connectivity index (χ1v) is 13.4. The SMILES string of the molecule is Cc1cc(Cl)cc(S(=O)(=O)N(Cc2ccc(F)cc2)Cc2ccc(Cl)c(-c3ccc(Cl)cc3)c2)c1O. The standard InChI is InChI=1S/C27H21Cl3FNO3S/c1-17-12-22(29)14-26(27(17)33)36(34,35)32(15-18-2-9-23(31)10-3-18)16-19-4-11-25(30)24(13-19)20-5-7-21(28)8-6-20/h2-14,33H,15-16H2,1H3. The van der Waals surface area contributed by atoms with Gasteiger partial charge in [-0.25, -0.2) is 12.8 Å². The van der Waals surface area contributed by atoms with Crippen molar-refractivity contribution in [1.29, 1.82) is 0 Å². The largest absolute Gasteiger partial charge is 0.506 e.